The van der Waals surface area contributed by atoms with Crippen molar-refractivity contribution in [3.63, 3.8) is 0 Å². The van der Waals surface area contributed by atoms with Gasteiger partial charge in [0.05, 0.1) is 13.2 Å². The van der Waals surface area contributed by atoms with E-state index >= 15 is 0 Å². The van der Waals surface area contributed by atoms with Crippen LogP contribution in [-0.4, -0.2) is 36.3 Å². The van der Waals surface area contributed by atoms with Crippen molar-refractivity contribution in [2.24, 2.45) is 0 Å². The maximum atomic E-state index is 5.39. The normalized spacial score (nSPS) is 15.0. The monoisotopic (exact) mass is 298 g/mol. The molecule has 0 spiro atoms. The molecule has 5 nitrogen and oxygen atoms in total. The van der Waals surface area contributed by atoms with E-state index in [1.807, 2.05) is 13.0 Å². The molecule has 1 fully saturated rings. The molecule has 1 aromatic carbocycles. The molecule has 0 amide bonds. The molecule has 0 unspecified atom stereocenters. The lowest BCUT2D eigenvalue weighted by Crippen LogP contribution is -2.37. The van der Waals surface area contributed by atoms with Crippen LogP contribution in [0.25, 0.3) is 0 Å². The summed E-state index contributed by atoms with van der Waals surface area (Å²) in [6.07, 6.45) is 0. The quantitative estimate of drug-likeness (QED) is 0.944. The summed E-state index contributed by atoms with van der Waals surface area (Å²) in [7, 11) is 0. The minimum atomic E-state index is 0.733. The zero-order valence-electron chi connectivity index (χ0n) is 13.4. The number of anilines is 3. The van der Waals surface area contributed by atoms with Crippen LogP contribution < -0.4 is 10.2 Å². The lowest BCUT2D eigenvalue weighted by molar-refractivity contribution is 0.122. The zero-order chi connectivity index (χ0) is 15.5. The second kappa shape index (κ2) is 6.32. The summed E-state index contributed by atoms with van der Waals surface area (Å²) >= 11 is 0. The van der Waals surface area contributed by atoms with E-state index in [-0.39, 0.29) is 0 Å². The topological polar surface area (TPSA) is 50.3 Å². The predicted molar refractivity (Wildman–Crippen MR) is 89.0 cm³/mol. The summed E-state index contributed by atoms with van der Waals surface area (Å²) in [5.74, 6) is 1.60. The molecule has 1 aromatic heterocycles. The number of nitrogens with zero attached hydrogens (tertiary/aromatic N) is 3. The Labute approximate surface area is 131 Å². The Kier molecular flexibility index (Phi) is 4.24. The summed E-state index contributed by atoms with van der Waals surface area (Å²) in [5, 5.41) is 3.38. The van der Waals surface area contributed by atoms with Gasteiger partial charge < -0.3 is 15.0 Å². The molecule has 22 heavy (non-hydrogen) atoms. The summed E-state index contributed by atoms with van der Waals surface area (Å²) in [6, 6.07) is 8.31. The third-order valence-corrected chi connectivity index (χ3v) is 3.92. The van der Waals surface area contributed by atoms with Gasteiger partial charge in [0.25, 0.3) is 0 Å². The van der Waals surface area contributed by atoms with Gasteiger partial charge in [0.2, 0.25) is 5.95 Å². The number of hydrogen-bond acceptors (Lipinski definition) is 5. The van der Waals surface area contributed by atoms with Crippen LogP contribution in [0.1, 0.15) is 16.8 Å². The number of aromatic nitrogens is 2. The van der Waals surface area contributed by atoms with E-state index in [1.165, 1.54) is 11.1 Å². The Hall–Kier alpha value is -2.14. The fourth-order valence-corrected chi connectivity index (χ4v) is 2.49. The Morgan fingerprint density at radius 1 is 1.00 bits per heavy atom. The summed E-state index contributed by atoms with van der Waals surface area (Å²) in [6.45, 7) is 9.38. The molecule has 1 saturated heterocycles. The molecular weight excluding hydrogens is 276 g/mol. The van der Waals surface area contributed by atoms with Crippen LogP contribution >= 0.6 is 0 Å². The smallest absolute Gasteiger partial charge is 0.227 e. The third kappa shape index (κ3) is 3.36. The number of hydrogen-bond donors (Lipinski definition) is 1. The maximum Gasteiger partial charge on any atom is 0.227 e. The highest BCUT2D eigenvalue weighted by molar-refractivity contribution is 5.59. The Morgan fingerprint density at radius 3 is 2.50 bits per heavy atom. The molecule has 0 radical (unpaired) electrons. The average molecular weight is 298 g/mol. The molecule has 1 aliphatic rings. The molecule has 2 aromatic rings. The Balaban J connectivity index is 1.83. The van der Waals surface area contributed by atoms with Crippen LogP contribution in [0.5, 0.6) is 0 Å². The maximum absolute atomic E-state index is 5.39. The second-order valence-corrected chi connectivity index (χ2v) is 5.72. The van der Waals surface area contributed by atoms with E-state index < -0.39 is 0 Å². The first-order valence-corrected chi connectivity index (χ1v) is 7.64. The Morgan fingerprint density at radius 2 is 1.77 bits per heavy atom. The van der Waals surface area contributed by atoms with Gasteiger partial charge in [-0.3, -0.25) is 0 Å². The van der Waals surface area contributed by atoms with Crippen molar-refractivity contribution in [3.05, 3.63) is 41.1 Å². The number of aryl methyl sites for hydroxylation is 3. The summed E-state index contributed by atoms with van der Waals surface area (Å²) in [5.41, 5.74) is 4.57. The van der Waals surface area contributed by atoms with Gasteiger partial charge in [-0.05, 0) is 44.0 Å². The number of rotatable bonds is 3. The van der Waals surface area contributed by atoms with Crippen molar-refractivity contribution in [3.8, 4) is 0 Å². The van der Waals surface area contributed by atoms with E-state index in [2.05, 4.69) is 52.2 Å². The van der Waals surface area contributed by atoms with Gasteiger partial charge in [-0.15, -0.1) is 0 Å². The highest BCUT2D eigenvalue weighted by Crippen LogP contribution is 2.21. The molecule has 0 aliphatic carbocycles. The van der Waals surface area contributed by atoms with Crippen molar-refractivity contribution in [2.75, 3.05) is 36.5 Å². The van der Waals surface area contributed by atoms with Crippen molar-refractivity contribution >= 4 is 17.5 Å². The first-order valence-electron chi connectivity index (χ1n) is 7.64. The van der Waals surface area contributed by atoms with Crippen molar-refractivity contribution in [1.29, 1.82) is 0 Å². The first-order chi connectivity index (χ1) is 10.6. The standard InChI is InChI=1S/C17H22N4O/c1-12-4-5-15(10-13(12)2)19-16-11-14(3)18-17(20-16)21-6-8-22-9-7-21/h4-5,10-11H,6-9H2,1-3H3,(H,18,19,20). The van der Waals surface area contributed by atoms with Crippen molar-refractivity contribution in [2.45, 2.75) is 20.8 Å². The number of benzene rings is 1. The van der Waals surface area contributed by atoms with E-state index in [9.17, 15) is 0 Å². The lowest BCUT2D eigenvalue weighted by Gasteiger charge is -2.27. The van der Waals surface area contributed by atoms with Crippen molar-refractivity contribution < 1.29 is 4.74 Å². The SMILES string of the molecule is Cc1cc(Nc2ccc(C)c(C)c2)nc(N2CCOCC2)n1. The molecular formula is C17H22N4O. The van der Waals surface area contributed by atoms with Gasteiger partial charge in [-0.2, -0.15) is 4.98 Å². The van der Waals surface area contributed by atoms with Gasteiger partial charge >= 0.3 is 0 Å². The molecule has 0 bridgehead atoms. The fraction of sp³-hybridized carbons (Fsp3) is 0.412. The molecule has 0 saturated carbocycles. The lowest BCUT2D eigenvalue weighted by atomic mass is 10.1. The van der Waals surface area contributed by atoms with E-state index in [0.717, 1.165) is 49.5 Å². The highest BCUT2D eigenvalue weighted by atomic mass is 16.5. The zero-order valence-corrected chi connectivity index (χ0v) is 13.4. The second-order valence-electron chi connectivity index (χ2n) is 5.72. The van der Waals surface area contributed by atoms with Crippen LogP contribution in [-0.2, 0) is 4.74 Å². The van der Waals surface area contributed by atoms with Crippen molar-refractivity contribution in [1.82, 2.24) is 9.97 Å². The minimum absolute atomic E-state index is 0.733. The summed E-state index contributed by atoms with van der Waals surface area (Å²) < 4.78 is 5.39. The van der Waals surface area contributed by atoms with Crippen LogP contribution in [0.4, 0.5) is 17.5 Å². The molecule has 1 N–H and O–H groups in total. The number of ether oxygens (including phenoxy) is 1. The molecule has 2 heterocycles. The summed E-state index contributed by atoms with van der Waals surface area (Å²) in [4.78, 5) is 11.4. The van der Waals surface area contributed by atoms with Gasteiger partial charge in [0.15, 0.2) is 0 Å². The molecule has 1 aliphatic heterocycles. The van der Waals surface area contributed by atoms with Gasteiger partial charge in [0, 0.05) is 30.5 Å². The van der Waals surface area contributed by atoms with Crippen LogP contribution in [0, 0.1) is 20.8 Å². The van der Waals surface area contributed by atoms with Crippen LogP contribution in [0.2, 0.25) is 0 Å². The molecule has 3 rings (SSSR count). The van der Waals surface area contributed by atoms with E-state index in [1.54, 1.807) is 0 Å². The fourth-order valence-electron chi connectivity index (χ4n) is 2.49. The van der Waals surface area contributed by atoms with E-state index in [0.29, 0.717) is 0 Å². The van der Waals surface area contributed by atoms with Crippen LogP contribution in [0.3, 0.4) is 0 Å². The molecule has 0 atom stereocenters. The van der Waals surface area contributed by atoms with Gasteiger partial charge in [0.1, 0.15) is 5.82 Å². The van der Waals surface area contributed by atoms with E-state index in [4.69, 9.17) is 4.74 Å². The largest absolute Gasteiger partial charge is 0.378 e. The minimum Gasteiger partial charge on any atom is -0.378 e. The van der Waals surface area contributed by atoms with Crippen LogP contribution in [0.15, 0.2) is 24.3 Å². The predicted octanol–water partition coefficient (Wildman–Crippen LogP) is 2.98. The number of nitrogens with one attached hydrogen (secondary N) is 1. The first kappa shape index (κ1) is 14.8. The average Bonchev–Trinajstić information content (AvgIpc) is 2.51. The third-order valence-electron chi connectivity index (χ3n) is 3.92. The molecule has 116 valence electrons. The highest BCUT2D eigenvalue weighted by Gasteiger charge is 2.15. The molecule has 5 heteroatoms. The van der Waals surface area contributed by atoms with Gasteiger partial charge in [-0.1, -0.05) is 6.07 Å². The number of morpholine rings is 1. The van der Waals surface area contributed by atoms with Gasteiger partial charge in [-0.25, -0.2) is 4.98 Å². The Bertz CT molecular complexity index is 666.